The minimum atomic E-state index is 0.478. The van der Waals surface area contributed by atoms with Crippen LogP contribution >= 0.6 is 0 Å². The van der Waals surface area contributed by atoms with E-state index < -0.39 is 0 Å². The van der Waals surface area contributed by atoms with Crippen LogP contribution in [0.3, 0.4) is 0 Å². The molecule has 2 aromatic rings. The quantitative estimate of drug-likeness (QED) is 0.543. The summed E-state index contributed by atoms with van der Waals surface area (Å²) in [5.41, 5.74) is 4.60. The highest BCUT2D eigenvalue weighted by Crippen LogP contribution is 2.22. The summed E-state index contributed by atoms with van der Waals surface area (Å²) in [6.07, 6.45) is 0. The zero-order valence-corrected chi connectivity index (χ0v) is 18.8. The number of anilines is 2. The first-order valence-electron chi connectivity index (χ1n) is 10.5. The molecule has 0 aliphatic heterocycles. The van der Waals surface area contributed by atoms with Crippen molar-refractivity contribution >= 4 is 11.4 Å². The lowest BCUT2D eigenvalue weighted by Crippen LogP contribution is -2.36. The van der Waals surface area contributed by atoms with Crippen LogP contribution in [-0.4, -0.2) is 24.2 Å². The maximum atomic E-state index is 3.30. The van der Waals surface area contributed by atoms with E-state index >= 15 is 0 Å². The minimum absolute atomic E-state index is 0.478. The van der Waals surface area contributed by atoms with Crippen LogP contribution < -0.4 is 9.80 Å². The van der Waals surface area contributed by atoms with Gasteiger partial charge in [-0.3, -0.25) is 0 Å². The molecule has 2 rings (SSSR count). The van der Waals surface area contributed by atoms with Crippen molar-refractivity contribution in [3.05, 3.63) is 59.7 Å². The summed E-state index contributed by atoms with van der Waals surface area (Å²) in [6.45, 7) is 17.9. The largest absolute Gasteiger partial charge is 0.367 e. The molecule has 0 atom stereocenters. The number of rotatable bonds is 6. The maximum Gasteiger partial charge on any atom is 0.0371 e. The molecule has 0 radical (unpaired) electrons. The molecule has 0 aromatic heterocycles. The smallest absolute Gasteiger partial charge is 0.0371 e. The first-order valence-corrected chi connectivity index (χ1v) is 10.5. The summed E-state index contributed by atoms with van der Waals surface area (Å²) in [5.74, 6) is 6.60. The van der Waals surface area contributed by atoms with Gasteiger partial charge in [0.25, 0.3) is 0 Å². The van der Waals surface area contributed by atoms with Crippen LogP contribution in [0.4, 0.5) is 11.4 Å². The first kappa shape index (κ1) is 21.9. The average Bonchev–Trinajstić information content (AvgIpc) is 2.61. The van der Waals surface area contributed by atoms with Gasteiger partial charge >= 0.3 is 0 Å². The van der Waals surface area contributed by atoms with E-state index in [1.54, 1.807) is 0 Å². The van der Waals surface area contributed by atoms with Gasteiger partial charge in [0.1, 0.15) is 0 Å². The van der Waals surface area contributed by atoms with Gasteiger partial charge in [0.15, 0.2) is 0 Å². The van der Waals surface area contributed by atoms with Crippen molar-refractivity contribution in [1.82, 2.24) is 0 Å². The normalized spacial score (nSPS) is 11.1. The zero-order chi connectivity index (χ0) is 20.8. The molecular formula is C26H36N2. The van der Waals surface area contributed by atoms with Gasteiger partial charge in [-0.2, -0.15) is 0 Å². The number of nitrogens with zero attached hydrogens (tertiary/aromatic N) is 2. The Morgan fingerprint density at radius 1 is 0.464 bits per heavy atom. The van der Waals surface area contributed by atoms with E-state index in [2.05, 4.69) is 126 Å². The first-order chi connectivity index (χ1) is 13.2. The van der Waals surface area contributed by atoms with Gasteiger partial charge in [-0.1, -0.05) is 11.8 Å². The van der Waals surface area contributed by atoms with Crippen LogP contribution in [0.15, 0.2) is 48.5 Å². The minimum Gasteiger partial charge on any atom is -0.367 e. The van der Waals surface area contributed by atoms with Crippen LogP contribution in [0.5, 0.6) is 0 Å². The van der Waals surface area contributed by atoms with Crippen molar-refractivity contribution in [2.75, 3.05) is 9.80 Å². The third-order valence-electron chi connectivity index (χ3n) is 4.91. The molecule has 0 spiro atoms. The Morgan fingerprint density at radius 3 is 0.929 bits per heavy atom. The Kier molecular flexibility index (Phi) is 7.58. The molecule has 28 heavy (non-hydrogen) atoms. The van der Waals surface area contributed by atoms with E-state index in [1.807, 2.05) is 0 Å². The summed E-state index contributed by atoms with van der Waals surface area (Å²) < 4.78 is 0. The van der Waals surface area contributed by atoms with Crippen molar-refractivity contribution in [3.63, 3.8) is 0 Å². The van der Waals surface area contributed by atoms with Gasteiger partial charge in [-0.25, -0.2) is 0 Å². The van der Waals surface area contributed by atoms with Gasteiger partial charge in [-0.05, 0) is 104 Å². The summed E-state index contributed by atoms with van der Waals surface area (Å²) in [6, 6.07) is 19.1. The summed E-state index contributed by atoms with van der Waals surface area (Å²) >= 11 is 0. The van der Waals surface area contributed by atoms with Crippen molar-refractivity contribution in [1.29, 1.82) is 0 Å². The Hall–Kier alpha value is -2.40. The molecular weight excluding hydrogens is 340 g/mol. The summed E-state index contributed by atoms with van der Waals surface area (Å²) in [4.78, 5) is 4.84. The van der Waals surface area contributed by atoms with Crippen molar-refractivity contribution in [3.8, 4) is 11.8 Å². The molecule has 2 heteroatoms. The molecule has 0 amide bonds. The van der Waals surface area contributed by atoms with E-state index in [0.717, 1.165) is 11.1 Å². The molecule has 0 bridgehead atoms. The molecule has 0 saturated carbocycles. The molecule has 0 N–H and O–H groups in total. The van der Waals surface area contributed by atoms with Crippen LogP contribution in [0.1, 0.15) is 66.5 Å². The Balaban J connectivity index is 2.15. The Morgan fingerprint density at radius 2 is 0.714 bits per heavy atom. The second kappa shape index (κ2) is 9.69. The van der Waals surface area contributed by atoms with Gasteiger partial charge in [0, 0.05) is 46.7 Å². The third kappa shape index (κ3) is 5.55. The third-order valence-corrected chi connectivity index (χ3v) is 4.91. The van der Waals surface area contributed by atoms with Crippen molar-refractivity contribution in [2.24, 2.45) is 0 Å². The molecule has 0 aliphatic carbocycles. The van der Waals surface area contributed by atoms with Crippen LogP contribution in [0.2, 0.25) is 0 Å². The SMILES string of the molecule is CC(C)N(c1ccc(C#Cc2ccc(N(C(C)C)C(C)C)cc2)cc1)C(C)C. The number of hydrogen-bond donors (Lipinski definition) is 0. The van der Waals surface area contributed by atoms with E-state index in [9.17, 15) is 0 Å². The lowest BCUT2D eigenvalue weighted by Gasteiger charge is -2.33. The monoisotopic (exact) mass is 376 g/mol. The average molecular weight is 377 g/mol. The second-order valence-corrected chi connectivity index (χ2v) is 8.53. The van der Waals surface area contributed by atoms with Gasteiger partial charge < -0.3 is 9.80 Å². The molecule has 0 aliphatic rings. The summed E-state index contributed by atoms with van der Waals surface area (Å²) in [7, 11) is 0. The molecule has 2 aromatic carbocycles. The molecule has 0 saturated heterocycles. The standard InChI is InChI=1S/C26H36N2/c1-19(2)27(20(3)4)25-15-11-23(12-16-25)9-10-24-13-17-26(18-14-24)28(21(5)6)22(7)8/h11-22H,1-8H3. The Labute approximate surface area is 172 Å². The Bertz CT molecular complexity index is 704. The second-order valence-electron chi connectivity index (χ2n) is 8.53. The fraction of sp³-hybridized carbons (Fsp3) is 0.462. The van der Waals surface area contributed by atoms with E-state index in [-0.39, 0.29) is 0 Å². The molecule has 0 unspecified atom stereocenters. The van der Waals surface area contributed by atoms with Crippen LogP contribution in [0, 0.1) is 11.8 Å². The highest BCUT2D eigenvalue weighted by molar-refractivity contribution is 5.55. The highest BCUT2D eigenvalue weighted by atomic mass is 15.2. The predicted molar refractivity (Wildman–Crippen MR) is 124 cm³/mol. The maximum absolute atomic E-state index is 3.30. The topological polar surface area (TPSA) is 6.48 Å². The molecule has 0 fully saturated rings. The summed E-state index contributed by atoms with van der Waals surface area (Å²) in [5, 5.41) is 0. The fourth-order valence-electron chi connectivity index (χ4n) is 3.96. The molecule has 2 nitrogen and oxygen atoms in total. The van der Waals surface area contributed by atoms with Crippen molar-refractivity contribution in [2.45, 2.75) is 79.6 Å². The van der Waals surface area contributed by atoms with E-state index in [4.69, 9.17) is 0 Å². The van der Waals surface area contributed by atoms with Crippen LogP contribution in [-0.2, 0) is 0 Å². The highest BCUT2D eigenvalue weighted by Gasteiger charge is 2.14. The lowest BCUT2D eigenvalue weighted by atomic mass is 10.1. The van der Waals surface area contributed by atoms with Gasteiger partial charge in [-0.15, -0.1) is 0 Å². The molecule has 150 valence electrons. The zero-order valence-electron chi connectivity index (χ0n) is 18.8. The van der Waals surface area contributed by atoms with Gasteiger partial charge in [0.2, 0.25) is 0 Å². The number of hydrogen-bond acceptors (Lipinski definition) is 2. The lowest BCUT2D eigenvalue weighted by molar-refractivity contribution is 0.608. The predicted octanol–water partition coefficient (Wildman–Crippen LogP) is 6.33. The molecule has 0 heterocycles. The fourth-order valence-corrected chi connectivity index (χ4v) is 3.96. The van der Waals surface area contributed by atoms with Gasteiger partial charge in [0.05, 0.1) is 0 Å². The van der Waals surface area contributed by atoms with E-state index in [1.165, 1.54) is 11.4 Å². The van der Waals surface area contributed by atoms with E-state index in [0.29, 0.717) is 24.2 Å². The number of benzene rings is 2. The van der Waals surface area contributed by atoms with Crippen LogP contribution in [0.25, 0.3) is 0 Å². The van der Waals surface area contributed by atoms with Crippen molar-refractivity contribution < 1.29 is 0 Å².